The van der Waals surface area contributed by atoms with Crippen molar-refractivity contribution < 1.29 is 9.84 Å². The summed E-state index contributed by atoms with van der Waals surface area (Å²) in [6, 6.07) is 3.93. The Morgan fingerprint density at radius 3 is 2.70 bits per heavy atom. The molecule has 2 N–H and O–H groups in total. The molecule has 0 aliphatic rings. The minimum atomic E-state index is 0.156. The summed E-state index contributed by atoms with van der Waals surface area (Å²) in [5.74, 6) is 0.567. The van der Waals surface area contributed by atoms with Gasteiger partial charge in [0.25, 0.3) is 0 Å². The molecule has 0 aliphatic carbocycles. The van der Waals surface area contributed by atoms with Gasteiger partial charge in [0.05, 0.1) is 7.11 Å². The van der Waals surface area contributed by atoms with Crippen LogP contribution in [-0.4, -0.2) is 43.3 Å². The van der Waals surface area contributed by atoms with E-state index in [2.05, 4.69) is 31.1 Å². The summed E-state index contributed by atoms with van der Waals surface area (Å²) in [5, 5.41) is 13.9. The van der Waals surface area contributed by atoms with Crippen LogP contribution in [0.25, 0.3) is 0 Å². The van der Waals surface area contributed by atoms with Gasteiger partial charge in [-0.1, -0.05) is 11.6 Å². The maximum atomic E-state index is 10.00. The third kappa shape index (κ3) is 5.19. The number of hydrogen-bond acceptors (Lipinski definition) is 4. The van der Waals surface area contributed by atoms with Crippen LogP contribution in [0.5, 0.6) is 11.5 Å². The van der Waals surface area contributed by atoms with Crippen LogP contribution in [0, 0.1) is 0 Å². The van der Waals surface area contributed by atoms with Crippen molar-refractivity contribution in [2.75, 3.05) is 27.2 Å². The van der Waals surface area contributed by atoms with Crippen LogP contribution in [0.2, 0.25) is 5.02 Å². The predicted molar refractivity (Wildman–Crippen MR) is 83.8 cm³/mol. The Bertz CT molecular complexity index is 425. The Labute approximate surface area is 126 Å². The topological polar surface area (TPSA) is 44.7 Å². The lowest BCUT2D eigenvalue weighted by Crippen LogP contribution is -2.29. The summed E-state index contributed by atoms with van der Waals surface area (Å²) in [5.41, 5.74) is 0.756. The summed E-state index contributed by atoms with van der Waals surface area (Å²) in [4.78, 5) is 2.31. The molecule has 1 aromatic rings. The largest absolute Gasteiger partial charge is 0.504 e. The van der Waals surface area contributed by atoms with Crippen molar-refractivity contribution in [3.05, 3.63) is 22.7 Å². The highest BCUT2D eigenvalue weighted by Crippen LogP contribution is 2.33. The first-order chi connectivity index (χ1) is 9.45. The van der Waals surface area contributed by atoms with Gasteiger partial charge in [-0.25, -0.2) is 0 Å². The first kappa shape index (κ1) is 17.1. The molecule has 0 spiro atoms. The summed E-state index contributed by atoms with van der Waals surface area (Å²) < 4.78 is 5.08. The SMILES string of the molecule is COc1cc(Cl)cc(CNCCCN(C)C(C)C)c1O. The van der Waals surface area contributed by atoms with Gasteiger partial charge in [-0.3, -0.25) is 0 Å². The number of nitrogens with zero attached hydrogens (tertiary/aromatic N) is 1. The van der Waals surface area contributed by atoms with E-state index in [0.717, 1.165) is 25.1 Å². The molecule has 0 saturated heterocycles. The highest BCUT2D eigenvalue weighted by molar-refractivity contribution is 6.30. The summed E-state index contributed by atoms with van der Waals surface area (Å²) in [7, 11) is 3.64. The van der Waals surface area contributed by atoms with Crippen molar-refractivity contribution in [1.82, 2.24) is 10.2 Å². The Balaban J connectivity index is 2.41. The number of halogens is 1. The Morgan fingerprint density at radius 1 is 1.40 bits per heavy atom. The van der Waals surface area contributed by atoms with Gasteiger partial charge in [0.1, 0.15) is 0 Å². The van der Waals surface area contributed by atoms with E-state index >= 15 is 0 Å². The molecule has 5 heteroatoms. The molecule has 4 nitrogen and oxygen atoms in total. The zero-order chi connectivity index (χ0) is 15.1. The van der Waals surface area contributed by atoms with Crippen LogP contribution in [0.4, 0.5) is 0 Å². The van der Waals surface area contributed by atoms with Crippen LogP contribution < -0.4 is 10.1 Å². The number of rotatable bonds is 8. The molecule has 20 heavy (non-hydrogen) atoms. The van der Waals surface area contributed by atoms with Gasteiger partial charge in [-0.15, -0.1) is 0 Å². The molecule has 114 valence electrons. The second kappa shape index (κ2) is 8.35. The second-order valence-electron chi connectivity index (χ2n) is 5.22. The highest BCUT2D eigenvalue weighted by Gasteiger charge is 2.09. The monoisotopic (exact) mass is 300 g/mol. The molecular formula is C15H25ClN2O2. The molecule has 0 atom stereocenters. The van der Waals surface area contributed by atoms with E-state index in [9.17, 15) is 5.11 Å². The summed E-state index contributed by atoms with van der Waals surface area (Å²) >= 11 is 5.99. The Kier molecular flexibility index (Phi) is 7.13. The van der Waals surface area contributed by atoms with Crippen molar-refractivity contribution in [2.45, 2.75) is 32.9 Å². The average Bonchev–Trinajstić information content (AvgIpc) is 2.41. The quantitative estimate of drug-likeness (QED) is 0.725. The standard InChI is InChI=1S/C15H25ClN2O2/c1-11(2)18(3)7-5-6-17-10-12-8-13(16)9-14(20-4)15(12)19/h8-9,11,17,19H,5-7,10H2,1-4H3. The van der Waals surface area contributed by atoms with Gasteiger partial charge in [0.15, 0.2) is 11.5 Å². The lowest BCUT2D eigenvalue weighted by Gasteiger charge is -2.20. The molecule has 0 fully saturated rings. The smallest absolute Gasteiger partial charge is 0.162 e. The molecule has 1 rings (SSSR count). The predicted octanol–water partition coefficient (Wildman–Crippen LogP) is 2.87. The number of methoxy groups -OCH3 is 1. The average molecular weight is 301 g/mol. The third-order valence-corrected chi connectivity index (χ3v) is 3.62. The highest BCUT2D eigenvalue weighted by atomic mass is 35.5. The van der Waals surface area contributed by atoms with E-state index in [1.165, 1.54) is 7.11 Å². The van der Waals surface area contributed by atoms with Gasteiger partial charge < -0.3 is 20.1 Å². The molecule has 0 heterocycles. The van der Waals surface area contributed by atoms with Crippen LogP contribution in [-0.2, 0) is 6.54 Å². The molecule has 0 bridgehead atoms. The maximum absolute atomic E-state index is 10.00. The van der Waals surface area contributed by atoms with Crippen LogP contribution in [0.1, 0.15) is 25.8 Å². The zero-order valence-corrected chi connectivity index (χ0v) is 13.5. The summed E-state index contributed by atoms with van der Waals surface area (Å²) in [6.07, 6.45) is 1.06. The minimum absolute atomic E-state index is 0.156. The van der Waals surface area contributed by atoms with Gasteiger partial charge >= 0.3 is 0 Å². The van der Waals surface area contributed by atoms with E-state index in [1.807, 2.05) is 0 Å². The molecule has 0 saturated carbocycles. The van der Waals surface area contributed by atoms with Crippen LogP contribution in [0.15, 0.2) is 12.1 Å². The number of hydrogen-bond donors (Lipinski definition) is 2. The third-order valence-electron chi connectivity index (χ3n) is 3.40. The van der Waals surface area contributed by atoms with Gasteiger partial charge in [0.2, 0.25) is 0 Å². The molecule has 0 aromatic heterocycles. The normalized spacial score (nSPS) is 11.3. The molecule has 0 radical (unpaired) electrons. The van der Waals surface area contributed by atoms with Crippen LogP contribution >= 0.6 is 11.6 Å². The molecule has 1 aromatic carbocycles. The lowest BCUT2D eigenvalue weighted by molar-refractivity contribution is 0.269. The second-order valence-corrected chi connectivity index (χ2v) is 5.66. The minimum Gasteiger partial charge on any atom is -0.504 e. The van der Waals surface area contributed by atoms with Crippen molar-refractivity contribution in [3.63, 3.8) is 0 Å². The van der Waals surface area contributed by atoms with E-state index in [0.29, 0.717) is 23.4 Å². The fourth-order valence-electron chi connectivity index (χ4n) is 1.85. The zero-order valence-electron chi connectivity index (χ0n) is 12.7. The van der Waals surface area contributed by atoms with Gasteiger partial charge in [-0.2, -0.15) is 0 Å². The van der Waals surface area contributed by atoms with Crippen molar-refractivity contribution in [1.29, 1.82) is 0 Å². The molecular weight excluding hydrogens is 276 g/mol. The maximum Gasteiger partial charge on any atom is 0.162 e. The van der Waals surface area contributed by atoms with E-state index < -0.39 is 0 Å². The number of phenolic OH excluding ortho intramolecular Hbond substituents is 1. The first-order valence-electron chi connectivity index (χ1n) is 6.92. The van der Waals surface area contributed by atoms with Gasteiger partial charge in [0, 0.05) is 29.2 Å². The molecule has 0 amide bonds. The van der Waals surface area contributed by atoms with Gasteiger partial charge in [-0.05, 0) is 46.5 Å². The molecule has 0 aliphatic heterocycles. The Hall–Kier alpha value is -0.970. The van der Waals surface area contributed by atoms with E-state index in [1.54, 1.807) is 12.1 Å². The number of benzene rings is 1. The number of phenols is 1. The van der Waals surface area contributed by atoms with E-state index in [4.69, 9.17) is 16.3 Å². The van der Waals surface area contributed by atoms with Crippen molar-refractivity contribution >= 4 is 11.6 Å². The summed E-state index contributed by atoms with van der Waals surface area (Å²) in [6.45, 7) is 6.89. The fraction of sp³-hybridized carbons (Fsp3) is 0.600. The lowest BCUT2D eigenvalue weighted by atomic mass is 10.2. The number of ether oxygens (including phenoxy) is 1. The van der Waals surface area contributed by atoms with Crippen molar-refractivity contribution in [2.24, 2.45) is 0 Å². The first-order valence-corrected chi connectivity index (χ1v) is 7.29. The van der Waals surface area contributed by atoms with Crippen LogP contribution in [0.3, 0.4) is 0 Å². The van der Waals surface area contributed by atoms with E-state index in [-0.39, 0.29) is 5.75 Å². The van der Waals surface area contributed by atoms with Crippen molar-refractivity contribution in [3.8, 4) is 11.5 Å². The number of nitrogens with one attached hydrogen (secondary N) is 1. The molecule has 0 unspecified atom stereocenters. The fourth-order valence-corrected chi connectivity index (χ4v) is 2.08. The number of aromatic hydroxyl groups is 1. The Morgan fingerprint density at radius 2 is 2.10 bits per heavy atom.